The SMILES string of the molecule is CC1(CNc2ncc(N)cn2)CCOCC1. The van der Waals surface area contributed by atoms with Gasteiger partial charge in [-0.05, 0) is 18.3 Å². The van der Waals surface area contributed by atoms with Gasteiger partial charge in [-0.15, -0.1) is 0 Å². The Morgan fingerprint density at radius 2 is 2.00 bits per heavy atom. The van der Waals surface area contributed by atoms with Gasteiger partial charge in [-0.1, -0.05) is 6.92 Å². The summed E-state index contributed by atoms with van der Waals surface area (Å²) in [5.74, 6) is 0.641. The molecule has 16 heavy (non-hydrogen) atoms. The van der Waals surface area contributed by atoms with Crippen molar-refractivity contribution in [2.75, 3.05) is 30.8 Å². The number of ether oxygens (including phenoxy) is 1. The standard InChI is InChI=1S/C11H18N4O/c1-11(2-4-16-5-3-11)8-15-10-13-6-9(12)7-14-10/h6-7H,2-5,8,12H2,1H3,(H,13,14,15). The Labute approximate surface area is 95.4 Å². The fourth-order valence-electron chi connectivity index (χ4n) is 1.76. The first-order valence-electron chi connectivity index (χ1n) is 5.57. The molecule has 0 bridgehead atoms. The third-order valence-electron chi connectivity index (χ3n) is 3.04. The minimum absolute atomic E-state index is 0.281. The fraction of sp³-hybridized carbons (Fsp3) is 0.636. The van der Waals surface area contributed by atoms with E-state index in [9.17, 15) is 0 Å². The van der Waals surface area contributed by atoms with Crippen molar-refractivity contribution in [1.82, 2.24) is 9.97 Å². The zero-order chi connectivity index (χ0) is 11.4. The topological polar surface area (TPSA) is 73.1 Å². The Morgan fingerprint density at radius 1 is 1.38 bits per heavy atom. The van der Waals surface area contributed by atoms with Crippen LogP contribution in [-0.2, 0) is 4.74 Å². The third kappa shape index (κ3) is 2.82. The van der Waals surface area contributed by atoms with Gasteiger partial charge < -0.3 is 15.8 Å². The zero-order valence-electron chi connectivity index (χ0n) is 9.57. The fourth-order valence-corrected chi connectivity index (χ4v) is 1.76. The first-order chi connectivity index (χ1) is 7.68. The molecule has 1 fully saturated rings. The monoisotopic (exact) mass is 222 g/mol. The highest BCUT2D eigenvalue weighted by Crippen LogP contribution is 2.29. The highest BCUT2D eigenvalue weighted by Gasteiger charge is 2.27. The highest BCUT2D eigenvalue weighted by molar-refractivity contribution is 5.35. The second-order valence-corrected chi connectivity index (χ2v) is 4.62. The summed E-state index contributed by atoms with van der Waals surface area (Å²) in [6.45, 7) is 4.83. The van der Waals surface area contributed by atoms with Crippen molar-refractivity contribution in [2.45, 2.75) is 19.8 Å². The van der Waals surface area contributed by atoms with E-state index < -0.39 is 0 Å². The minimum atomic E-state index is 0.281. The molecule has 88 valence electrons. The van der Waals surface area contributed by atoms with E-state index in [-0.39, 0.29) is 5.41 Å². The van der Waals surface area contributed by atoms with Gasteiger partial charge in [-0.2, -0.15) is 0 Å². The number of hydrogen-bond donors (Lipinski definition) is 2. The van der Waals surface area contributed by atoms with Gasteiger partial charge in [0.2, 0.25) is 5.95 Å². The molecule has 0 radical (unpaired) electrons. The molecule has 5 nitrogen and oxygen atoms in total. The Hall–Kier alpha value is -1.36. The molecule has 1 saturated heterocycles. The molecule has 2 rings (SSSR count). The third-order valence-corrected chi connectivity index (χ3v) is 3.04. The number of rotatable bonds is 3. The number of hydrogen-bond acceptors (Lipinski definition) is 5. The lowest BCUT2D eigenvalue weighted by atomic mass is 9.82. The maximum atomic E-state index is 5.52. The zero-order valence-corrected chi connectivity index (χ0v) is 9.57. The molecule has 0 saturated carbocycles. The van der Waals surface area contributed by atoms with Crippen LogP contribution < -0.4 is 11.1 Å². The van der Waals surface area contributed by atoms with Crippen molar-refractivity contribution in [3.8, 4) is 0 Å². The summed E-state index contributed by atoms with van der Waals surface area (Å²) >= 11 is 0. The first-order valence-corrected chi connectivity index (χ1v) is 5.57. The second-order valence-electron chi connectivity index (χ2n) is 4.62. The number of anilines is 2. The Kier molecular flexibility index (Phi) is 3.24. The maximum absolute atomic E-state index is 5.52. The molecule has 0 atom stereocenters. The van der Waals surface area contributed by atoms with Crippen LogP contribution in [-0.4, -0.2) is 29.7 Å². The quantitative estimate of drug-likeness (QED) is 0.806. The van der Waals surface area contributed by atoms with Gasteiger partial charge in [-0.3, -0.25) is 0 Å². The molecule has 0 spiro atoms. The van der Waals surface area contributed by atoms with E-state index >= 15 is 0 Å². The molecule has 1 aromatic rings. The Bertz CT molecular complexity index is 332. The van der Waals surface area contributed by atoms with E-state index in [2.05, 4.69) is 22.2 Å². The predicted molar refractivity (Wildman–Crippen MR) is 63.1 cm³/mol. The molecule has 0 aromatic carbocycles. The summed E-state index contributed by atoms with van der Waals surface area (Å²) in [6.07, 6.45) is 5.38. The number of nitrogens with zero attached hydrogens (tertiary/aromatic N) is 2. The first kappa shape index (κ1) is 11.1. The Balaban J connectivity index is 1.88. The van der Waals surface area contributed by atoms with Crippen LogP contribution in [0.5, 0.6) is 0 Å². The molecule has 2 heterocycles. The van der Waals surface area contributed by atoms with Crippen LogP contribution in [0.15, 0.2) is 12.4 Å². The lowest BCUT2D eigenvalue weighted by Crippen LogP contribution is -2.33. The van der Waals surface area contributed by atoms with E-state index in [0.29, 0.717) is 11.6 Å². The minimum Gasteiger partial charge on any atom is -0.396 e. The summed E-state index contributed by atoms with van der Waals surface area (Å²) in [5.41, 5.74) is 6.39. The van der Waals surface area contributed by atoms with Crippen LogP contribution in [0.1, 0.15) is 19.8 Å². The van der Waals surface area contributed by atoms with E-state index in [1.807, 2.05) is 0 Å². The lowest BCUT2D eigenvalue weighted by molar-refractivity contribution is 0.0299. The molecule has 3 N–H and O–H groups in total. The van der Waals surface area contributed by atoms with Crippen molar-refractivity contribution in [1.29, 1.82) is 0 Å². The van der Waals surface area contributed by atoms with E-state index in [1.165, 1.54) is 0 Å². The van der Waals surface area contributed by atoms with Gasteiger partial charge in [0, 0.05) is 19.8 Å². The molecule has 0 amide bonds. The Morgan fingerprint density at radius 3 is 2.62 bits per heavy atom. The average molecular weight is 222 g/mol. The van der Waals surface area contributed by atoms with Crippen molar-refractivity contribution in [2.24, 2.45) is 5.41 Å². The van der Waals surface area contributed by atoms with Gasteiger partial charge in [0.15, 0.2) is 0 Å². The smallest absolute Gasteiger partial charge is 0.222 e. The van der Waals surface area contributed by atoms with Gasteiger partial charge in [0.05, 0.1) is 18.1 Å². The summed E-state index contributed by atoms with van der Waals surface area (Å²) in [5, 5.41) is 3.25. The molecule has 0 aliphatic carbocycles. The van der Waals surface area contributed by atoms with Crippen molar-refractivity contribution in [3.05, 3.63) is 12.4 Å². The van der Waals surface area contributed by atoms with Crippen molar-refractivity contribution in [3.63, 3.8) is 0 Å². The van der Waals surface area contributed by atoms with Crippen LogP contribution in [0.3, 0.4) is 0 Å². The number of aromatic nitrogens is 2. The van der Waals surface area contributed by atoms with Crippen LogP contribution in [0.25, 0.3) is 0 Å². The molecule has 1 aliphatic rings. The molecule has 5 heteroatoms. The van der Waals surface area contributed by atoms with Crippen molar-refractivity contribution < 1.29 is 4.74 Å². The van der Waals surface area contributed by atoms with Crippen LogP contribution in [0, 0.1) is 5.41 Å². The number of nitrogen functional groups attached to an aromatic ring is 1. The van der Waals surface area contributed by atoms with Crippen LogP contribution in [0.2, 0.25) is 0 Å². The van der Waals surface area contributed by atoms with Crippen LogP contribution >= 0.6 is 0 Å². The summed E-state index contributed by atoms with van der Waals surface area (Å²) in [6, 6.07) is 0. The number of nitrogens with two attached hydrogens (primary N) is 1. The molecule has 0 unspecified atom stereocenters. The van der Waals surface area contributed by atoms with E-state index in [0.717, 1.165) is 32.6 Å². The van der Waals surface area contributed by atoms with Gasteiger partial charge in [-0.25, -0.2) is 9.97 Å². The average Bonchev–Trinajstić information content (AvgIpc) is 2.29. The molecule has 1 aromatic heterocycles. The summed E-state index contributed by atoms with van der Waals surface area (Å²) in [7, 11) is 0. The van der Waals surface area contributed by atoms with E-state index in [4.69, 9.17) is 10.5 Å². The van der Waals surface area contributed by atoms with Crippen LogP contribution in [0.4, 0.5) is 11.6 Å². The normalized spacial score (nSPS) is 19.3. The second kappa shape index (κ2) is 4.65. The summed E-state index contributed by atoms with van der Waals surface area (Å²) in [4.78, 5) is 8.23. The molecular weight excluding hydrogens is 204 g/mol. The summed E-state index contributed by atoms with van der Waals surface area (Å²) < 4.78 is 5.36. The van der Waals surface area contributed by atoms with Gasteiger partial charge in [0.25, 0.3) is 0 Å². The maximum Gasteiger partial charge on any atom is 0.222 e. The molecule has 1 aliphatic heterocycles. The van der Waals surface area contributed by atoms with Gasteiger partial charge >= 0.3 is 0 Å². The van der Waals surface area contributed by atoms with E-state index in [1.54, 1.807) is 12.4 Å². The highest BCUT2D eigenvalue weighted by atomic mass is 16.5. The largest absolute Gasteiger partial charge is 0.396 e. The van der Waals surface area contributed by atoms with Gasteiger partial charge in [0.1, 0.15) is 0 Å². The van der Waals surface area contributed by atoms with Crippen molar-refractivity contribution >= 4 is 11.6 Å². The predicted octanol–water partition coefficient (Wildman–Crippen LogP) is 1.29. The lowest BCUT2D eigenvalue weighted by Gasteiger charge is -2.33. The molecular formula is C11H18N4O. The number of nitrogens with one attached hydrogen (secondary N) is 1.